The van der Waals surface area contributed by atoms with Crippen LogP contribution in [-0.2, 0) is 6.42 Å². The van der Waals surface area contributed by atoms with Crippen LogP contribution in [0, 0.1) is 0 Å². The minimum absolute atomic E-state index is 0.874. The van der Waals surface area contributed by atoms with Gasteiger partial charge >= 0.3 is 0 Å². The minimum atomic E-state index is 0.874. The minimum Gasteiger partial charge on any atom is -0.398 e. The molecule has 2 N–H and O–H groups in total. The number of hydrogen-bond acceptors (Lipinski definition) is 2. The van der Waals surface area contributed by atoms with E-state index in [2.05, 4.69) is 36.6 Å². The Kier molecular flexibility index (Phi) is 2.55. The van der Waals surface area contributed by atoms with Crippen LogP contribution in [0.2, 0.25) is 0 Å². The lowest BCUT2D eigenvalue weighted by atomic mass is 10.1. The van der Waals surface area contributed by atoms with Crippen molar-refractivity contribution in [1.29, 1.82) is 0 Å². The zero-order valence-corrected chi connectivity index (χ0v) is 8.97. The van der Waals surface area contributed by atoms with Crippen LogP contribution in [0.5, 0.6) is 0 Å². The number of nitrogen functional groups attached to an aromatic ring is 1. The highest BCUT2D eigenvalue weighted by atomic mass is 32.1. The van der Waals surface area contributed by atoms with Crippen molar-refractivity contribution >= 4 is 17.0 Å². The van der Waals surface area contributed by atoms with Gasteiger partial charge in [0.2, 0.25) is 0 Å². The largest absolute Gasteiger partial charge is 0.398 e. The highest BCUT2D eigenvalue weighted by molar-refractivity contribution is 7.08. The summed E-state index contributed by atoms with van der Waals surface area (Å²) in [5, 5.41) is 4.07. The van der Waals surface area contributed by atoms with Gasteiger partial charge in [-0.05, 0) is 17.5 Å². The van der Waals surface area contributed by atoms with Crippen LogP contribution in [-0.4, -0.2) is 0 Å². The fraction of sp³-hybridized carbons (Fsp3) is 0.167. The Balaban J connectivity index is 2.39. The maximum absolute atomic E-state index is 5.85. The number of rotatable bonds is 2. The number of hydrogen-bond donors (Lipinski definition) is 1. The van der Waals surface area contributed by atoms with E-state index >= 15 is 0 Å². The fourth-order valence-electron chi connectivity index (χ4n) is 1.46. The summed E-state index contributed by atoms with van der Waals surface area (Å²) < 4.78 is 0. The summed E-state index contributed by atoms with van der Waals surface area (Å²) in [6.45, 7) is 2.16. The summed E-state index contributed by atoms with van der Waals surface area (Å²) in [6, 6.07) is 8.59. The summed E-state index contributed by atoms with van der Waals surface area (Å²) in [5.74, 6) is 0. The summed E-state index contributed by atoms with van der Waals surface area (Å²) in [5.41, 5.74) is 10.5. The third-order valence-corrected chi connectivity index (χ3v) is 3.13. The average Bonchev–Trinajstić information content (AvgIpc) is 2.65. The fourth-order valence-corrected chi connectivity index (χ4v) is 2.21. The summed E-state index contributed by atoms with van der Waals surface area (Å²) in [4.78, 5) is 0. The van der Waals surface area contributed by atoms with Gasteiger partial charge in [0, 0.05) is 16.3 Å². The molecule has 0 radical (unpaired) electrons. The number of nitrogens with two attached hydrogens (primary N) is 1. The van der Waals surface area contributed by atoms with Gasteiger partial charge in [0.25, 0.3) is 0 Å². The molecule has 2 rings (SSSR count). The molecule has 1 aromatic heterocycles. The Hall–Kier alpha value is -1.28. The monoisotopic (exact) mass is 203 g/mol. The van der Waals surface area contributed by atoms with Crippen LogP contribution in [0.15, 0.2) is 35.0 Å². The van der Waals surface area contributed by atoms with E-state index in [1.54, 1.807) is 11.3 Å². The lowest BCUT2D eigenvalue weighted by Crippen LogP contribution is -1.85. The number of aryl methyl sites for hydroxylation is 1. The third kappa shape index (κ3) is 1.66. The molecule has 0 aliphatic carbocycles. The maximum Gasteiger partial charge on any atom is 0.0502 e. The summed E-state index contributed by atoms with van der Waals surface area (Å²) in [7, 11) is 0. The predicted octanol–water partition coefficient (Wildman–Crippen LogP) is 3.56. The summed E-state index contributed by atoms with van der Waals surface area (Å²) in [6.07, 6.45) is 1.08. The zero-order chi connectivity index (χ0) is 9.97. The molecule has 1 heterocycles. The molecule has 0 spiro atoms. The molecule has 2 heteroatoms. The van der Waals surface area contributed by atoms with Gasteiger partial charge in [0.1, 0.15) is 0 Å². The van der Waals surface area contributed by atoms with Crippen molar-refractivity contribution in [1.82, 2.24) is 0 Å². The quantitative estimate of drug-likeness (QED) is 0.793. The second kappa shape index (κ2) is 3.84. The zero-order valence-electron chi connectivity index (χ0n) is 8.16. The van der Waals surface area contributed by atoms with E-state index in [9.17, 15) is 0 Å². The standard InChI is InChI=1S/C12H13NS/c1-2-9-3-5-10(6-4-9)11-7-14-8-12(11)13/h3-8H,2,13H2,1H3. The number of benzene rings is 1. The first kappa shape index (κ1) is 9.28. The second-order valence-corrected chi connectivity index (χ2v) is 4.03. The van der Waals surface area contributed by atoms with Gasteiger partial charge in [-0.25, -0.2) is 0 Å². The first-order chi connectivity index (χ1) is 6.81. The van der Waals surface area contributed by atoms with Gasteiger partial charge in [-0.3, -0.25) is 0 Å². The smallest absolute Gasteiger partial charge is 0.0502 e. The van der Waals surface area contributed by atoms with Crippen LogP contribution in [0.3, 0.4) is 0 Å². The molecule has 0 saturated carbocycles. The van der Waals surface area contributed by atoms with Gasteiger partial charge in [-0.2, -0.15) is 0 Å². The van der Waals surface area contributed by atoms with Crippen LogP contribution in [0.4, 0.5) is 5.69 Å². The molecule has 14 heavy (non-hydrogen) atoms. The summed E-state index contributed by atoms with van der Waals surface area (Å²) >= 11 is 1.65. The van der Waals surface area contributed by atoms with Crippen LogP contribution in [0.1, 0.15) is 12.5 Å². The van der Waals surface area contributed by atoms with E-state index < -0.39 is 0 Å². The lowest BCUT2D eigenvalue weighted by Gasteiger charge is -2.01. The predicted molar refractivity (Wildman–Crippen MR) is 63.5 cm³/mol. The van der Waals surface area contributed by atoms with Crippen molar-refractivity contribution in [2.24, 2.45) is 0 Å². The van der Waals surface area contributed by atoms with Crippen LogP contribution in [0.25, 0.3) is 11.1 Å². The van der Waals surface area contributed by atoms with Crippen molar-refractivity contribution in [3.8, 4) is 11.1 Å². The lowest BCUT2D eigenvalue weighted by molar-refractivity contribution is 1.14. The molecule has 0 saturated heterocycles. The average molecular weight is 203 g/mol. The molecule has 0 amide bonds. The molecule has 72 valence electrons. The van der Waals surface area contributed by atoms with Crippen molar-refractivity contribution in [2.45, 2.75) is 13.3 Å². The van der Waals surface area contributed by atoms with Gasteiger partial charge in [-0.15, -0.1) is 11.3 Å². The molecule has 0 bridgehead atoms. The van der Waals surface area contributed by atoms with Crippen molar-refractivity contribution in [3.05, 3.63) is 40.6 Å². The molecule has 0 atom stereocenters. The highest BCUT2D eigenvalue weighted by Gasteiger charge is 2.02. The SMILES string of the molecule is CCc1ccc(-c2cscc2N)cc1. The van der Waals surface area contributed by atoms with E-state index in [4.69, 9.17) is 5.73 Å². The normalized spacial score (nSPS) is 10.4. The Labute approximate surface area is 88.2 Å². The molecular formula is C12H13NS. The molecular weight excluding hydrogens is 190 g/mol. The topological polar surface area (TPSA) is 26.0 Å². The Morgan fingerprint density at radius 3 is 2.36 bits per heavy atom. The first-order valence-electron chi connectivity index (χ1n) is 4.72. The first-order valence-corrected chi connectivity index (χ1v) is 5.66. The van der Waals surface area contributed by atoms with E-state index in [0.29, 0.717) is 0 Å². The van der Waals surface area contributed by atoms with Crippen molar-refractivity contribution in [2.75, 3.05) is 5.73 Å². The second-order valence-electron chi connectivity index (χ2n) is 3.29. The Morgan fingerprint density at radius 2 is 1.86 bits per heavy atom. The van der Waals surface area contributed by atoms with Crippen molar-refractivity contribution in [3.63, 3.8) is 0 Å². The maximum atomic E-state index is 5.85. The molecule has 1 aromatic carbocycles. The highest BCUT2D eigenvalue weighted by Crippen LogP contribution is 2.29. The van der Waals surface area contributed by atoms with E-state index in [1.807, 2.05) is 5.38 Å². The van der Waals surface area contributed by atoms with Gasteiger partial charge in [-0.1, -0.05) is 31.2 Å². The molecule has 1 nitrogen and oxygen atoms in total. The third-order valence-electron chi connectivity index (χ3n) is 2.37. The van der Waals surface area contributed by atoms with Gasteiger partial charge < -0.3 is 5.73 Å². The number of anilines is 1. The Bertz CT molecular complexity index is 414. The van der Waals surface area contributed by atoms with Gasteiger partial charge in [0.05, 0.1) is 5.69 Å². The molecule has 0 fully saturated rings. The Morgan fingerprint density at radius 1 is 1.14 bits per heavy atom. The van der Waals surface area contributed by atoms with Crippen LogP contribution >= 0.6 is 11.3 Å². The van der Waals surface area contributed by atoms with E-state index in [0.717, 1.165) is 17.7 Å². The molecule has 2 aromatic rings. The van der Waals surface area contributed by atoms with Crippen LogP contribution < -0.4 is 5.73 Å². The molecule has 0 aliphatic heterocycles. The van der Waals surface area contributed by atoms with Gasteiger partial charge in [0.15, 0.2) is 0 Å². The number of thiophene rings is 1. The van der Waals surface area contributed by atoms with Crippen molar-refractivity contribution < 1.29 is 0 Å². The molecule has 0 aliphatic rings. The van der Waals surface area contributed by atoms with E-state index in [1.165, 1.54) is 11.1 Å². The van der Waals surface area contributed by atoms with E-state index in [-0.39, 0.29) is 0 Å². The molecule has 0 unspecified atom stereocenters.